The van der Waals surface area contributed by atoms with Crippen molar-refractivity contribution in [3.63, 3.8) is 0 Å². The summed E-state index contributed by atoms with van der Waals surface area (Å²) in [5, 5.41) is 5.17. The lowest BCUT2D eigenvalue weighted by molar-refractivity contribution is 0.639. The Morgan fingerprint density at radius 3 is 3.00 bits per heavy atom. The molecular formula is C10H15N5. The van der Waals surface area contributed by atoms with Gasteiger partial charge in [-0.05, 0) is 6.42 Å². The van der Waals surface area contributed by atoms with Crippen LogP contribution in [0.1, 0.15) is 19.0 Å². The molecule has 2 heterocycles. The van der Waals surface area contributed by atoms with Crippen LogP contribution in [0.25, 0.3) is 11.0 Å². The minimum absolute atomic E-state index is 0.156. The maximum absolute atomic E-state index is 5.92. The fraction of sp³-hybridized carbons (Fsp3) is 0.500. The summed E-state index contributed by atoms with van der Waals surface area (Å²) in [6.07, 6.45) is 5.10. The second kappa shape index (κ2) is 3.94. The molecule has 2 aromatic rings. The van der Waals surface area contributed by atoms with Crippen LogP contribution < -0.4 is 5.73 Å². The molecule has 2 N–H and O–H groups in total. The van der Waals surface area contributed by atoms with Crippen LogP contribution in [0.3, 0.4) is 0 Å². The van der Waals surface area contributed by atoms with Crippen molar-refractivity contribution >= 4 is 11.0 Å². The molecule has 0 aliphatic heterocycles. The monoisotopic (exact) mass is 205 g/mol. The van der Waals surface area contributed by atoms with E-state index in [1.165, 1.54) is 0 Å². The van der Waals surface area contributed by atoms with Gasteiger partial charge in [0.05, 0.1) is 17.3 Å². The van der Waals surface area contributed by atoms with E-state index < -0.39 is 0 Å². The average Bonchev–Trinajstić information content (AvgIpc) is 2.62. The van der Waals surface area contributed by atoms with Gasteiger partial charge in [-0.25, -0.2) is 9.97 Å². The third-order valence-electron chi connectivity index (χ3n) is 2.59. The highest BCUT2D eigenvalue weighted by molar-refractivity contribution is 5.76. The Bertz CT molecular complexity index is 462. The fourth-order valence-electron chi connectivity index (χ4n) is 1.57. The molecule has 80 valence electrons. The van der Waals surface area contributed by atoms with Crippen LogP contribution >= 0.6 is 0 Å². The van der Waals surface area contributed by atoms with E-state index in [-0.39, 0.29) is 6.04 Å². The Hall–Kier alpha value is -1.49. The third-order valence-corrected chi connectivity index (χ3v) is 2.59. The van der Waals surface area contributed by atoms with Gasteiger partial charge in [-0.15, -0.1) is 0 Å². The zero-order chi connectivity index (χ0) is 10.8. The van der Waals surface area contributed by atoms with E-state index in [0.29, 0.717) is 0 Å². The van der Waals surface area contributed by atoms with E-state index in [1.807, 2.05) is 7.05 Å². The number of rotatable bonds is 3. The molecule has 0 aromatic carbocycles. The van der Waals surface area contributed by atoms with Gasteiger partial charge in [-0.3, -0.25) is 4.68 Å². The summed E-state index contributed by atoms with van der Waals surface area (Å²) in [4.78, 5) is 8.45. The minimum atomic E-state index is 0.156. The number of hydrogen-bond donors (Lipinski definition) is 1. The highest BCUT2D eigenvalue weighted by Gasteiger charge is 2.10. The zero-order valence-electron chi connectivity index (χ0n) is 9.01. The molecular weight excluding hydrogens is 190 g/mol. The van der Waals surface area contributed by atoms with Crippen LogP contribution in [0.4, 0.5) is 0 Å². The van der Waals surface area contributed by atoms with Gasteiger partial charge in [0.25, 0.3) is 0 Å². The van der Waals surface area contributed by atoms with Gasteiger partial charge in [0, 0.05) is 19.5 Å². The molecule has 0 aliphatic carbocycles. The molecule has 0 aliphatic rings. The largest absolute Gasteiger partial charge is 0.327 e. The number of aryl methyl sites for hydroxylation is 1. The molecule has 0 fully saturated rings. The van der Waals surface area contributed by atoms with E-state index in [1.54, 1.807) is 17.2 Å². The lowest BCUT2D eigenvalue weighted by Crippen LogP contribution is -2.22. The smallest absolute Gasteiger partial charge is 0.161 e. The van der Waals surface area contributed by atoms with Gasteiger partial charge in [0.2, 0.25) is 0 Å². The topological polar surface area (TPSA) is 69.6 Å². The SMILES string of the molecule is CCC(N)Cc1ncnc2c1cnn2C. The number of fused-ring (bicyclic) bond motifs is 1. The lowest BCUT2D eigenvalue weighted by atomic mass is 10.1. The van der Waals surface area contributed by atoms with Crippen molar-refractivity contribution in [3.8, 4) is 0 Å². The summed E-state index contributed by atoms with van der Waals surface area (Å²) in [7, 11) is 1.87. The van der Waals surface area contributed by atoms with Crippen molar-refractivity contribution in [2.45, 2.75) is 25.8 Å². The molecule has 2 aromatic heterocycles. The Labute approximate surface area is 88.3 Å². The Morgan fingerprint density at radius 2 is 2.27 bits per heavy atom. The molecule has 5 nitrogen and oxygen atoms in total. The van der Waals surface area contributed by atoms with Crippen LogP contribution in [0, 0.1) is 0 Å². The van der Waals surface area contributed by atoms with Crippen LogP contribution in [0.2, 0.25) is 0 Å². The quantitative estimate of drug-likeness (QED) is 0.798. The normalized spacial score (nSPS) is 13.3. The van der Waals surface area contributed by atoms with Gasteiger partial charge in [0.1, 0.15) is 6.33 Å². The van der Waals surface area contributed by atoms with Gasteiger partial charge in [-0.1, -0.05) is 6.92 Å². The first-order chi connectivity index (χ1) is 7.22. The number of aromatic nitrogens is 4. The highest BCUT2D eigenvalue weighted by atomic mass is 15.3. The van der Waals surface area contributed by atoms with E-state index in [9.17, 15) is 0 Å². The van der Waals surface area contributed by atoms with Crippen LogP contribution in [-0.4, -0.2) is 25.8 Å². The van der Waals surface area contributed by atoms with Crippen LogP contribution in [-0.2, 0) is 13.5 Å². The van der Waals surface area contributed by atoms with Gasteiger partial charge >= 0.3 is 0 Å². The number of nitrogens with zero attached hydrogens (tertiary/aromatic N) is 4. The second-order valence-corrected chi connectivity index (χ2v) is 3.70. The standard InChI is InChI=1S/C10H15N5/c1-3-7(11)4-9-8-5-14-15(2)10(8)13-6-12-9/h5-7H,3-4,11H2,1-2H3. The lowest BCUT2D eigenvalue weighted by Gasteiger charge is -2.07. The average molecular weight is 205 g/mol. The summed E-state index contributed by atoms with van der Waals surface area (Å²) in [6, 6.07) is 0.156. The molecule has 1 unspecified atom stereocenters. The van der Waals surface area contributed by atoms with Gasteiger partial charge in [0.15, 0.2) is 5.65 Å². The van der Waals surface area contributed by atoms with Crippen molar-refractivity contribution in [1.29, 1.82) is 0 Å². The summed E-state index contributed by atoms with van der Waals surface area (Å²) in [6.45, 7) is 2.08. The van der Waals surface area contributed by atoms with Crippen molar-refractivity contribution in [2.24, 2.45) is 12.8 Å². The third kappa shape index (κ3) is 1.83. The van der Waals surface area contributed by atoms with Crippen molar-refractivity contribution in [1.82, 2.24) is 19.7 Å². The molecule has 0 saturated heterocycles. The maximum Gasteiger partial charge on any atom is 0.161 e. The molecule has 0 saturated carbocycles. The fourth-order valence-corrected chi connectivity index (χ4v) is 1.57. The first-order valence-corrected chi connectivity index (χ1v) is 5.09. The molecule has 1 atom stereocenters. The molecule has 2 rings (SSSR count). The summed E-state index contributed by atoms with van der Waals surface area (Å²) >= 11 is 0. The first-order valence-electron chi connectivity index (χ1n) is 5.09. The minimum Gasteiger partial charge on any atom is -0.327 e. The molecule has 0 spiro atoms. The van der Waals surface area contributed by atoms with E-state index in [0.717, 1.165) is 29.6 Å². The van der Waals surface area contributed by atoms with E-state index in [2.05, 4.69) is 22.0 Å². The zero-order valence-corrected chi connectivity index (χ0v) is 9.01. The van der Waals surface area contributed by atoms with Crippen molar-refractivity contribution < 1.29 is 0 Å². The molecule has 5 heteroatoms. The van der Waals surface area contributed by atoms with Gasteiger partial charge < -0.3 is 5.73 Å². The van der Waals surface area contributed by atoms with E-state index in [4.69, 9.17) is 5.73 Å². The Kier molecular flexibility index (Phi) is 2.64. The number of hydrogen-bond acceptors (Lipinski definition) is 4. The Balaban J connectivity index is 2.43. The van der Waals surface area contributed by atoms with Gasteiger partial charge in [-0.2, -0.15) is 5.10 Å². The Morgan fingerprint density at radius 1 is 1.47 bits per heavy atom. The van der Waals surface area contributed by atoms with Crippen LogP contribution in [0.5, 0.6) is 0 Å². The first kappa shape index (κ1) is 10.0. The molecule has 15 heavy (non-hydrogen) atoms. The number of nitrogens with two attached hydrogens (primary N) is 1. The molecule has 0 radical (unpaired) electrons. The van der Waals surface area contributed by atoms with Crippen molar-refractivity contribution in [3.05, 3.63) is 18.2 Å². The summed E-state index contributed by atoms with van der Waals surface area (Å²) in [5.74, 6) is 0. The second-order valence-electron chi connectivity index (χ2n) is 3.70. The summed E-state index contributed by atoms with van der Waals surface area (Å²) in [5.41, 5.74) is 7.77. The predicted molar refractivity (Wildman–Crippen MR) is 58.3 cm³/mol. The molecule has 0 amide bonds. The van der Waals surface area contributed by atoms with Crippen molar-refractivity contribution in [2.75, 3.05) is 0 Å². The van der Waals surface area contributed by atoms with Crippen LogP contribution in [0.15, 0.2) is 12.5 Å². The molecule has 0 bridgehead atoms. The predicted octanol–water partition coefficient (Wildman–Crippen LogP) is 0.643. The maximum atomic E-state index is 5.92. The highest BCUT2D eigenvalue weighted by Crippen LogP contribution is 2.14. The van der Waals surface area contributed by atoms with E-state index >= 15 is 0 Å². The summed E-state index contributed by atoms with van der Waals surface area (Å²) < 4.78 is 1.75.